The van der Waals surface area contributed by atoms with Crippen LogP contribution < -0.4 is 5.32 Å². The van der Waals surface area contributed by atoms with Gasteiger partial charge in [-0.2, -0.15) is 0 Å². The van der Waals surface area contributed by atoms with Gasteiger partial charge in [-0.05, 0) is 26.1 Å². The largest absolute Gasteiger partial charge is 0.494 e. The predicted molar refractivity (Wildman–Crippen MR) is 65.7 cm³/mol. The highest BCUT2D eigenvalue weighted by atomic mass is 16.5. The normalized spacial score (nSPS) is 12.6. The van der Waals surface area contributed by atoms with E-state index in [1.165, 1.54) is 11.5 Å². The van der Waals surface area contributed by atoms with Gasteiger partial charge in [-0.3, -0.25) is 4.40 Å². The first kappa shape index (κ1) is 12.4. The number of nitrogens with one attached hydrogen (secondary N) is 1. The van der Waals surface area contributed by atoms with Crippen LogP contribution in [0, 0.1) is 0 Å². The quantitative estimate of drug-likeness (QED) is 0.797. The number of pyridine rings is 1. The third-order valence-corrected chi connectivity index (χ3v) is 2.87. The van der Waals surface area contributed by atoms with Crippen molar-refractivity contribution in [2.45, 2.75) is 13.0 Å². The number of fused-ring (bicyclic) bond motifs is 1. The summed E-state index contributed by atoms with van der Waals surface area (Å²) in [4.78, 5) is 15.9. The van der Waals surface area contributed by atoms with Crippen LogP contribution in [0.2, 0.25) is 0 Å². The molecule has 0 spiro atoms. The van der Waals surface area contributed by atoms with Crippen molar-refractivity contribution in [3.05, 3.63) is 29.7 Å². The van der Waals surface area contributed by atoms with Gasteiger partial charge in [0, 0.05) is 0 Å². The van der Waals surface area contributed by atoms with Crippen molar-refractivity contribution < 1.29 is 14.6 Å². The number of nitrogens with zero attached hydrogens (tertiary/aromatic N) is 2. The van der Waals surface area contributed by atoms with Gasteiger partial charge in [-0.1, -0.05) is 6.07 Å². The Hall–Kier alpha value is -2.08. The molecule has 0 saturated carbocycles. The lowest BCUT2D eigenvalue weighted by Crippen LogP contribution is -2.15. The van der Waals surface area contributed by atoms with Gasteiger partial charge >= 0.3 is 5.97 Å². The van der Waals surface area contributed by atoms with E-state index in [2.05, 4.69) is 10.3 Å². The number of carbonyl (C=O) groups excluding carboxylic acids is 1. The molecule has 0 aromatic carbocycles. The first-order chi connectivity index (χ1) is 8.60. The zero-order valence-electron chi connectivity index (χ0n) is 10.5. The molecule has 96 valence electrons. The van der Waals surface area contributed by atoms with Crippen LogP contribution >= 0.6 is 0 Å². The van der Waals surface area contributed by atoms with Gasteiger partial charge in [-0.15, -0.1) is 0 Å². The predicted octanol–water partition coefficient (Wildman–Crippen LogP) is 1.11. The maximum absolute atomic E-state index is 11.7. The van der Waals surface area contributed by atoms with Crippen molar-refractivity contribution in [1.29, 1.82) is 0 Å². The number of esters is 1. The van der Waals surface area contributed by atoms with E-state index in [1.807, 2.05) is 6.92 Å². The Morgan fingerprint density at radius 1 is 1.56 bits per heavy atom. The molecule has 6 heteroatoms. The smallest absolute Gasteiger partial charge is 0.358 e. The minimum atomic E-state index is -0.521. The summed E-state index contributed by atoms with van der Waals surface area (Å²) in [7, 11) is 3.08. The van der Waals surface area contributed by atoms with Crippen LogP contribution in [0.25, 0.3) is 5.52 Å². The van der Waals surface area contributed by atoms with Crippen LogP contribution in [-0.4, -0.2) is 34.6 Å². The third-order valence-electron chi connectivity index (χ3n) is 2.87. The van der Waals surface area contributed by atoms with E-state index in [9.17, 15) is 9.90 Å². The number of aromatic hydroxyl groups is 1. The molecule has 18 heavy (non-hydrogen) atoms. The number of carbonyl (C=O) groups is 1. The van der Waals surface area contributed by atoms with Gasteiger partial charge in [0.25, 0.3) is 0 Å². The maximum Gasteiger partial charge on any atom is 0.358 e. The minimum absolute atomic E-state index is 0.0345. The van der Waals surface area contributed by atoms with E-state index in [4.69, 9.17) is 4.74 Å². The Labute approximate surface area is 104 Å². The van der Waals surface area contributed by atoms with Crippen molar-refractivity contribution in [2.24, 2.45) is 0 Å². The van der Waals surface area contributed by atoms with E-state index in [0.717, 1.165) is 0 Å². The average molecular weight is 249 g/mol. The summed E-state index contributed by atoms with van der Waals surface area (Å²) < 4.78 is 6.23. The van der Waals surface area contributed by atoms with Gasteiger partial charge in [0.15, 0.2) is 11.6 Å². The molecule has 0 aliphatic carbocycles. The van der Waals surface area contributed by atoms with Gasteiger partial charge in [-0.25, -0.2) is 9.78 Å². The first-order valence-corrected chi connectivity index (χ1v) is 5.56. The fraction of sp³-hybridized carbons (Fsp3) is 0.333. The van der Waals surface area contributed by atoms with Gasteiger partial charge in [0.1, 0.15) is 5.82 Å². The van der Waals surface area contributed by atoms with Gasteiger partial charge in [0.05, 0.1) is 18.7 Å². The topological polar surface area (TPSA) is 75.9 Å². The highest BCUT2D eigenvalue weighted by molar-refractivity contribution is 5.95. The van der Waals surface area contributed by atoms with Crippen molar-refractivity contribution >= 4 is 11.5 Å². The van der Waals surface area contributed by atoms with Crippen molar-refractivity contribution in [3.63, 3.8) is 0 Å². The Balaban J connectivity index is 2.75. The molecule has 0 radical (unpaired) electrons. The number of methoxy groups -OCH3 is 1. The van der Waals surface area contributed by atoms with Crippen molar-refractivity contribution in [2.75, 3.05) is 14.2 Å². The Morgan fingerprint density at radius 3 is 2.89 bits per heavy atom. The summed E-state index contributed by atoms with van der Waals surface area (Å²) in [6, 6.07) is 4.81. The van der Waals surface area contributed by atoms with Gasteiger partial charge < -0.3 is 15.2 Å². The van der Waals surface area contributed by atoms with E-state index in [-0.39, 0.29) is 17.6 Å². The molecule has 0 bridgehead atoms. The molecule has 0 fully saturated rings. The van der Waals surface area contributed by atoms with Crippen LogP contribution in [0.1, 0.15) is 29.3 Å². The number of rotatable bonds is 3. The summed E-state index contributed by atoms with van der Waals surface area (Å²) in [6.45, 7) is 1.89. The second kappa shape index (κ2) is 4.66. The lowest BCUT2D eigenvalue weighted by Gasteiger charge is -2.09. The molecule has 1 unspecified atom stereocenters. The van der Waals surface area contributed by atoms with E-state index in [1.54, 1.807) is 25.2 Å². The van der Waals surface area contributed by atoms with Crippen LogP contribution in [-0.2, 0) is 4.74 Å². The molecule has 0 aliphatic heterocycles. The number of aromatic nitrogens is 2. The molecule has 2 heterocycles. The number of ether oxygens (including phenoxy) is 1. The molecular weight excluding hydrogens is 234 g/mol. The van der Waals surface area contributed by atoms with Crippen molar-refractivity contribution in [1.82, 2.24) is 14.7 Å². The molecular formula is C12H15N3O3. The summed E-state index contributed by atoms with van der Waals surface area (Å²) in [5.74, 6) is 0.0749. The Bertz CT molecular complexity index is 592. The van der Waals surface area contributed by atoms with Crippen LogP contribution in [0.5, 0.6) is 5.88 Å². The monoisotopic (exact) mass is 249 g/mol. The molecule has 6 nitrogen and oxygen atoms in total. The van der Waals surface area contributed by atoms with Gasteiger partial charge in [0.2, 0.25) is 0 Å². The SMILES string of the molecule is CNC(C)c1nc(C(=O)OC)c2cccc(O)n12. The molecule has 0 saturated heterocycles. The number of hydrogen-bond donors (Lipinski definition) is 2. The summed E-state index contributed by atoms with van der Waals surface area (Å²) >= 11 is 0. The first-order valence-electron chi connectivity index (χ1n) is 5.56. The molecule has 2 N–H and O–H groups in total. The minimum Gasteiger partial charge on any atom is -0.494 e. The summed E-state index contributed by atoms with van der Waals surface area (Å²) in [6.07, 6.45) is 0. The Kier molecular flexibility index (Phi) is 3.20. The third kappa shape index (κ3) is 1.80. The second-order valence-electron chi connectivity index (χ2n) is 3.93. The highest BCUT2D eigenvalue weighted by Gasteiger charge is 2.21. The maximum atomic E-state index is 11.7. The number of imidazole rings is 1. The summed E-state index contributed by atoms with van der Waals surface area (Å²) in [5.41, 5.74) is 0.726. The molecule has 2 aromatic heterocycles. The zero-order chi connectivity index (χ0) is 13.3. The average Bonchev–Trinajstić information content (AvgIpc) is 2.78. The molecule has 0 aliphatic rings. The molecule has 2 aromatic rings. The number of hydrogen-bond acceptors (Lipinski definition) is 5. The Morgan fingerprint density at radius 2 is 2.28 bits per heavy atom. The molecule has 1 atom stereocenters. The van der Waals surface area contributed by atoms with Crippen LogP contribution in [0.4, 0.5) is 0 Å². The fourth-order valence-corrected chi connectivity index (χ4v) is 1.81. The van der Waals surface area contributed by atoms with Crippen molar-refractivity contribution in [3.8, 4) is 5.88 Å². The van der Waals surface area contributed by atoms with E-state index >= 15 is 0 Å². The highest BCUT2D eigenvalue weighted by Crippen LogP contribution is 2.23. The lowest BCUT2D eigenvalue weighted by molar-refractivity contribution is 0.0596. The van der Waals surface area contributed by atoms with Crippen LogP contribution in [0.15, 0.2) is 18.2 Å². The lowest BCUT2D eigenvalue weighted by atomic mass is 10.3. The molecule has 0 amide bonds. The molecule has 2 rings (SSSR count). The summed E-state index contributed by atoms with van der Waals surface area (Å²) in [5, 5.41) is 12.9. The fourth-order valence-electron chi connectivity index (χ4n) is 1.81. The second-order valence-corrected chi connectivity index (χ2v) is 3.93. The standard InChI is InChI=1S/C12H15N3O3/c1-7(13-2)11-14-10(12(17)18-3)8-5-4-6-9(16)15(8)11/h4-7,13,16H,1-3H3. The zero-order valence-corrected chi connectivity index (χ0v) is 10.5. The van der Waals surface area contributed by atoms with E-state index in [0.29, 0.717) is 11.3 Å². The van der Waals surface area contributed by atoms with E-state index < -0.39 is 5.97 Å². The van der Waals surface area contributed by atoms with Crippen LogP contribution in [0.3, 0.4) is 0 Å².